The second kappa shape index (κ2) is 8.36. The first-order valence-electron chi connectivity index (χ1n) is 9.28. The first-order valence-corrected chi connectivity index (χ1v) is 10.6. The van der Waals surface area contributed by atoms with E-state index in [4.69, 9.17) is 12.2 Å². The molecular weight excluding hydrogens is 390 g/mol. The smallest absolute Gasteiger partial charge is 0.246 e. The Bertz CT molecular complexity index is 1010. The lowest BCUT2D eigenvalue weighted by molar-refractivity contribution is -0.116. The van der Waals surface area contributed by atoms with Crippen molar-refractivity contribution in [1.29, 1.82) is 0 Å². The number of hydrogen-bond donors (Lipinski definition) is 2. The summed E-state index contributed by atoms with van der Waals surface area (Å²) in [4.78, 5) is 17.0. The number of rotatable bonds is 6. The highest BCUT2D eigenvalue weighted by molar-refractivity contribution is 7.71. The second-order valence-corrected chi connectivity index (χ2v) is 8.94. The van der Waals surface area contributed by atoms with E-state index >= 15 is 0 Å². The zero-order valence-electron chi connectivity index (χ0n) is 16.6. The maximum atomic E-state index is 12.4. The molecule has 6 nitrogen and oxygen atoms in total. The van der Waals surface area contributed by atoms with Crippen LogP contribution in [0, 0.1) is 4.77 Å². The van der Waals surface area contributed by atoms with E-state index in [0.717, 1.165) is 29.9 Å². The van der Waals surface area contributed by atoms with Crippen molar-refractivity contribution in [3.63, 3.8) is 0 Å². The van der Waals surface area contributed by atoms with Gasteiger partial charge >= 0.3 is 0 Å². The number of nitrogens with zero attached hydrogens (tertiary/aromatic N) is 3. The van der Waals surface area contributed by atoms with Gasteiger partial charge in [-0.3, -0.25) is 14.5 Å². The van der Waals surface area contributed by atoms with Crippen LogP contribution in [0.3, 0.4) is 0 Å². The molecule has 2 heterocycles. The second-order valence-electron chi connectivity index (χ2n) is 7.69. The summed E-state index contributed by atoms with van der Waals surface area (Å²) in [5, 5.41) is 12.3. The van der Waals surface area contributed by atoms with Crippen LogP contribution in [0.1, 0.15) is 45.5 Å². The minimum absolute atomic E-state index is 0.116. The molecule has 0 spiro atoms. The zero-order chi connectivity index (χ0) is 20.3. The van der Waals surface area contributed by atoms with Crippen molar-refractivity contribution in [2.45, 2.75) is 52.5 Å². The molecule has 0 radical (unpaired) electrons. The minimum atomic E-state index is -0.168. The molecule has 2 N–H and O–H groups in total. The van der Waals surface area contributed by atoms with Crippen molar-refractivity contribution in [2.24, 2.45) is 0 Å². The minimum Gasteiger partial charge on any atom is -0.300 e. The third kappa shape index (κ3) is 4.74. The lowest BCUT2D eigenvalue weighted by atomic mass is 9.86. The van der Waals surface area contributed by atoms with E-state index in [1.807, 2.05) is 5.38 Å². The van der Waals surface area contributed by atoms with Gasteiger partial charge in [-0.15, -0.1) is 11.3 Å². The first kappa shape index (κ1) is 20.4. The van der Waals surface area contributed by atoms with Gasteiger partial charge in [0.2, 0.25) is 5.91 Å². The number of carbonyl (C=O) groups is 1. The van der Waals surface area contributed by atoms with E-state index in [1.54, 1.807) is 4.57 Å². The summed E-state index contributed by atoms with van der Waals surface area (Å²) in [6.07, 6.45) is 1.71. The molecule has 8 heteroatoms. The standard InChI is InChI=1S/C20H25N5OS2/c1-5-6-16-23-24-19(27)25(16)11-17(26)22-18-21-15(12-28-18)13-7-9-14(10-8-13)20(2,3)4/h7-10,12H,5-6,11H2,1-4H3,(H,24,27)(H,21,22,26). The largest absolute Gasteiger partial charge is 0.300 e. The molecule has 3 aromatic rings. The summed E-state index contributed by atoms with van der Waals surface area (Å²) in [7, 11) is 0. The Morgan fingerprint density at radius 3 is 2.64 bits per heavy atom. The van der Waals surface area contributed by atoms with Crippen LogP contribution in [-0.4, -0.2) is 25.7 Å². The van der Waals surface area contributed by atoms with Crippen molar-refractivity contribution < 1.29 is 4.79 Å². The van der Waals surface area contributed by atoms with Crippen molar-refractivity contribution >= 4 is 34.6 Å². The Labute approximate surface area is 174 Å². The molecule has 0 saturated carbocycles. The van der Waals surface area contributed by atoms with Crippen LogP contribution in [0.15, 0.2) is 29.6 Å². The molecule has 0 saturated heterocycles. The van der Waals surface area contributed by atoms with E-state index < -0.39 is 0 Å². The van der Waals surface area contributed by atoms with Gasteiger partial charge in [0.05, 0.1) is 5.69 Å². The number of anilines is 1. The molecule has 0 bridgehead atoms. The summed E-state index contributed by atoms with van der Waals surface area (Å²) >= 11 is 6.64. The quantitative estimate of drug-likeness (QED) is 0.558. The molecule has 0 atom stereocenters. The van der Waals surface area contributed by atoms with Gasteiger partial charge < -0.3 is 5.32 Å². The highest BCUT2D eigenvalue weighted by Crippen LogP contribution is 2.28. The zero-order valence-corrected chi connectivity index (χ0v) is 18.2. The normalized spacial score (nSPS) is 11.6. The Hall–Kier alpha value is -2.32. The molecule has 1 aromatic carbocycles. The van der Waals surface area contributed by atoms with E-state index in [0.29, 0.717) is 9.90 Å². The monoisotopic (exact) mass is 415 g/mol. The lowest BCUT2D eigenvalue weighted by Gasteiger charge is -2.18. The molecule has 28 heavy (non-hydrogen) atoms. The Morgan fingerprint density at radius 1 is 1.29 bits per heavy atom. The molecule has 2 aromatic heterocycles. The lowest BCUT2D eigenvalue weighted by Crippen LogP contribution is -2.20. The topological polar surface area (TPSA) is 75.6 Å². The van der Waals surface area contributed by atoms with Crippen LogP contribution in [-0.2, 0) is 23.2 Å². The molecule has 0 fully saturated rings. The van der Waals surface area contributed by atoms with Gasteiger partial charge in [0.25, 0.3) is 0 Å². The van der Waals surface area contributed by atoms with E-state index in [9.17, 15) is 4.79 Å². The van der Waals surface area contributed by atoms with E-state index in [2.05, 4.69) is 72.5 Å². The number of nitrogens with one attached hydrogen (secondary N) is 2. The van der Waals surface area contributed by atoms with Crippen molar-refractivity contribution in [3.8, 4) is 11.3 Å². The predicted molar refractivity (Wildman–Crippen MR) is 116 cm³/mol. The summed E-state index contributed by atoms with van der Waals surface area (Å²) in [6.45, 7) is 8.76. The van der Waals surface area contributed by atoms with Crippen molar-refractivity contribution in [1.82, 2.24) is 19.7 Å². The number of aryl methyl sites for hydroxylation is 1. The summed E-state index contributed by atoms with van der Waals surface area (Å²) < 4.78 is 2.19. The average Bonchev–Trinajstić information content (AvgIpc) is 3.23. The van der Waals surface area contributed by atoms with Gasteiger partial charge in [-0.1, -0.05) is 52.0 Å². The van der Waals surface area contributed by atoms with E-state index in [1.165, 1.54) is 16.9 Å². The van der Waals surface area contributed by atoms with Crippen LogP contribution in [0.4, 0.5) is 5.13 Å². The third-order valence-electron chi connectivity index (χ3n) is 4.41. The fourth-order valence-corrected chi connectivity index (χ4v) is 3.79. The van der Waals surface area contributed by atoms with Gasteiger partial charge in [-0.2, -0.15) is 5.10 Å². The molecule has 0 unspecified atom stereocenters. The predicted octanol–water partition coefficient (Wildman–Crippen LogP) is 4.95. The van der Waals surface area contributed by atoms with Crippen LogP contribution in [0.5, 0.6) is 0 Å². The number of hydrogen-bond acceptors (Lipinski definition) is 5. The molecule has 0 aliphatic rings. The Morgan fingerprint density at radius 2 is 2.00 bits per heavy atom. The van der Waals surface area contributed by atoms with Crippen LogP contribution < -0.4 is 5.32 Å². The SMILES string of the molecule is CCCc1n[nH]c(=S)n1CC(=O)Nc1nc(-c2ccc(C(C)(C)C)cc2)cs1. The van der Waals surface area contributed by atoms with Gasteiger partial charge in [0.1, 0.15) is 12.4 Å². The van der Waals surface area contributed by atoms with Crippen LogP contribution in [0.2, 0.25) is 0 Å². The highest BCUT2D eigenvalue weighted by Gasteiger charge is 2.15. The summed E-state index contributed by atoms with van der Waals surface area (Å²) in [6, 6.07) is 8.40. The summed E-state index contributed by atoms with van der Waals surface area (Å²) in [5.74, 6) is 0.625. The van der Waals surface area contributed by atoms with Gasteiger partial charge in [-0.05, 0) is 29.6 Å². The maximum absolute atomic E-state index is 12.4. The number of aromatic nitrogens is 4. The number of H-pyrrole nitrogens is 1. The van der Waals surface area contributed by atoms with Gasteiger partial charge in [-0.25, -0.2) is 4.98 Å². The summed E-state index contributed by atoms with van der Waals surface area (Å²) in [5.41, 5.74) is 3.28. The van der Waals surface area contributed by atoms with Crippen molar-refractivity contribution in [3.05, 3.63) is 45.8 Å². The number of benzene rings is 1. The fraction of sp³-hybridized carbons (Fsp3) is 0.400. The van der Waals surface area contributed by atoms with Crippen LogP contribution >= 0.6 is 23.6 Å². The van der Waals surface area contributed by atoms with Gasteiger partial charge in [0.15, 0.2) is 9.90 Å². The number of carbonyl (C=O) groups excluding carboxylic acids is 1. The molecule has 0 aliphatic heterocycles. The number of aromatic amines is 1. The molecule has 0 aliphatic carbocycles. The Balaban J connectivity index is 1.68. The highest BCUT2D eigenvalue weighted by atomic mass is 32.1. The fourth-order valence-electron chi connectivity index (χ4n) is 2.83. The first-order chi connectivity index (χ1) is 13.3. The van der Waals surface area contributed by atoms with Crippen LogP contribution in [0.25, 0.3) is 11.3 Å². The van der Waals surface area contributed by atoms with E-state index in [-0.39, 0.29) is 17.9 Å². The maximum Gasteiger partial charge on any atom is 0.246 e. The van der Waals surface area contributed by atoms with Crippen molar-refractivity contribution in [2.75, 3.05) is 5.32 Å². The number of amides is 1. The average molecular weight is 416 g/mol. The molecular formula is C20H25N5OS2. The molecule has 148 valence electrons. The van der Waals surface area contributed by atoms with Gasteiger partial charge in [0, 0.05) is 17.4 Å². The molecule has 1 amide bonds. The number of thiazole rings is 1. The third-order valence-corrected chi connectivity index (χ3v) is 5.48. The molecule has 3 rings (SSSR count). The Kier molecular flexibility index (Phi) is 6.10.